The van der Waals surface area contributed by atoms with Gasteiger partial charge in [0.05, 0.1) is 25.4 Å². The summed E-state index contributed by atoms with van der Waals surface area (Å²) in [6.07, 6.45) is 73.2. The molecule has 0 aliphatic rings. The Morgan fingerprint density at radius 3 is 1.10 bits per heavy atom. The quantitative estimate of drug-likeness (QED) is 0.0321. The molecule has 0 saturated carbocycles. The number of rotatable bonds is 57. The largest absolute Gasteiger partial charge is 0.466 e. The Morgan fingerprint density at radius 2 is 0.725 bits per heavy atom. The Balaban J connectivity index is 3.52. The predicted octanol–water partition coefficient (Wildman–Crippen LogP) is 19.2. The Labute approximate surface area is 430 Å². The van der Waals surface area contributed by atoms with Crippen LogP contribution in [0.1, 0.15) is 328 Å². The fourth-order valence-electron chi connectivity index (χ4n) is 9.43. The molecule has 0 aliphatic heterocycles. The highest BCUT2D eigenvalue weighted by molar-refractivity contribution is 5.76. The van der Waals surface area contributed by atoms with E-state index in [2.05, 4.69) is 43.5 Å². The summed E-state index contributed by atoms with van der Waals surface area (Å²) in [7, 11) is 0. The molecule has 0 aromatic rings. The molecule has 0 heterocycles. The van der Waals surface area contributed by atoms with Crippen molar-refractivity contribution in [1.29, 1.82) is 0 Å². The number of aliphatic hydroxyl groups excluding tert-OH is 2. The lowest BCUT2D eigenvalue weighted by Gasteiger charge is -2.20. The van der Waals surface area contributed by atoms with Gasteiger partial charge in [0.2, 0.25) is 5.91 Å². The molecule has 0 saturated heterocycles. The van der Waals surface area contributed by atoms with Crippen LogP contribution in [0, 0.1) is 0 Å². The van der Waals surface area contributed by atoms with E-state index in [0.717, 1.165) is 83.5 Å². The number of ether oxygens (including phenoxy) is 1. The zero-order valence-corrected chi connectivity index (χ0v) is 46.3. The molecular formula is C63H119NO5. The highest BCUT2D eigenvalue weighted by Gasteiger charge is 2.18. The highest BCUT2D eigenvalue weighted by Crippen LogP contribution is 2.17. The average Bonchev–Trinajstić information content (AvgIpc) is 3.35. The van der Waals surface area contributed by atoms with Crippen molar-refractivity contribution >= 4 is 11.9 Å². The number of nitrogens with one attached hydrogen (secondary N) is 1. The molecule has 2 atom stereocenters. The number of carbonyl (C=O) groups is 2. The van der Waals surface area contributed by atoms with Gasteiger partial charge in [-0.15, -0.1) is 0 Å². The van der Waals surface area contributed by atoms with E-state index in [1.54, 1.807) is 6.08 Å². The molecule has 69 heavy (non-hydrogen) atoms. The maximum absolute atomic E-state index is 12.5. The number of esters is 1. The number of allylic oxidation sites excluding steroid dienone is 5. The molecule has 3 N–H and O–H groups in total. The summed E-state index contributed by atoms with van der Waals surface area (Å²) in [5.41, 5.74) is 0. The summed E-state index contributed by atoms with van der Waals surface area (Å²) >= 11 is 0. The zero-order valence-electron chi connectivity index (χ0n) is 46.3. The predicted molar refractivity (Wildman–Crippen MR) is 301 cm³/mol. The summed E-state index contributed by atoms with van der Waals surface area (Å²) in [6, 6.07) is -0.641. The standard InChI is InChI=1S/C63H119NO5/c1-3-5-7-9-11-13-15-17-18-19-20-21-22-23-25-28-32-35-39-43-47-51-55-61(66)60(59-65)64-62(67)56-52-48-44-40-36-33-29-26-24-27-30-34-38-42-46-50-54-58-69-63(68)57-53-49-45-41-37-31-16-14-12-10-8-6-4-2/h24,27,34,38,51,55,60-61,65-66H,3-23,25-26,28-33,35-37,39-50,52-54,56-59H2,1-2H3,(H,64,67)/b27-24-,38-34-,55-51+. The highest BCUT2D eigenvalue weighted by atomic mass is 16.5. The SMILES string of the molecule is CCCCCCCCCCCCCCCCCCCCCC/C=C/C(O)C(CO)NC(=O)CCCCCCCCC/C=C\C/C=C\CCCCCOC(=O)CCCCCCCCCCCCCCC. The molecule has 1 amide bonds. The molecule has 2 unspecified atom stereocenters. The summed E-state index contributed by atoms with van der Waals surface area (Å²) in [6.45, 7) is 4.88. The van der Waals surface area contributed by atoms with Crippen LogP contribution >= 0.6 is 0 Å². The Morgan fingerprint density at radius 1 is 0.406 bits per heavy atom. The second-order valence-electron chi connectivity index (χ2n) is 21.0. The monoisotopic (exact) mass is 970 g/mol. The third-order valence-electron chi connectivity index (χ3n) is 14.2. The van der Waals surface area contributed by atoms with Gasteiger partial charge in [0.25, 0.3) is 0 Å². The summed E-state index contributed by atoms with van der Waals surface area (Å²) < 4.78 is 5.45. The van der Waals surface area contributed by atoms with E-state index < -0.39 is 12.1 Å². The van der Waals surface area contributed by atoms with Crippen LogP contribution in [0.2, 0.25) is 0 Å². The second-order valence-corrected chi connectivity index (χ2v) is 21.0. The van der Waals surface area contributed by atoms with E-state index in [-0.39, 0.29) is 18.5 Å². The van der Waals surface area contributed by atoms with E-state index in [1.807, 2.05) is 6.08 Å². The van der Waals surface area contributed by atoms with E-state index >= 15 is 0 Å². The van der Waals surface area contributed by atoms with Crippen LogP contribution in [0.3, 0.4) is 0 Å². The van der Waals surface area contributed by atoms with Crippen molar-refractivity contribution in [2.75, 3.05) is 13.2 Å². The molecular weight excluding hydrogens is 851 g/mol. The number of hydrogen-bond donors (Lipinski definition) is 3. The summed E-state index contributed by atoms with van der Waals surface area (Å²) in [4.78, 5) is 24.5. The zero-order chi connectivity index (χ0) is 50.0. The third kappa shape index (κ3) is 55.2. The van der Waals surface area contributed by atoms with E-state index in [4.69, 9.17) is 4.74 Å². The topological polar surface area (TPSA) is 95.9 Å². The van der Waals surface area contributed by atoms with Gasteiger partial charge in [0.15, 0.2) is 0 Å². The van der Waals surface area contributed by atoms with Crippen molar-refractivity contribution in [3.8, 4) is 0 Å². The van der Waals surface area contributed by atoms with Gasteiger partial charge in [-0.1, -0.05) is 281 Å². The van der Waals surface area contributed by atoms with Crippen molar-refractivity contribution in [3.05, 3.63) is 36.5 Å². The molecule has 406 valence electrons. The fraction of sp³-hybridized carbons (Fsp3) is 0.873. The lowest BCUT2D eigenvalue weighted by Crippen LogP contribution is -2.45. The molecule has 0 aliphatic carbocycles. The van der Waals surface area contributed by atoms with Crippen LogP contribution in [-0.4, -0.2) is 47.4 Å². The van der Waals surface area contributed by atoms with Crippen LogP contribution in [0.15, 0.2) is 36.5 Å². The smallest absolute Gasteiger partial charge is 0.305 e. The molecule has 0 fully saturated rings. The van der Waals surface area contributed by atoms with Gasteiger partial charge in [-0.05, 0) is 70.6 Å². The van der Waals surface area contributed by atoms with Crippen LogP contribution in [0.5, 0.6) is 0 Å². The molecule has 0 bridgehead atoms. The Bertz CT molecular complexity index is 1120. The van der Waals surface area contributed by atoms with Crippen molar-refractivity contribution in [1.82, 2.24) is 5.32 Å². The first-order valence-electron chi connectivity index (χ1n) is 30.8. The molecule has 0 rings (SSSR count). The van der Waals surface area contributed by atoms with Gasteiger partial charge in [-0.25, -0.2) is 0 Å². The second kappa shape index (κ2) is 58.6. The Hall–Kier alpha value is -1.92. The molecule has 0 aromatic heterocycles. The first-order valence-corrected chi connectivity index (χ1v) is 30.8. The first-order chi connectivity index (χ1) is 34.0. The van der Waals surface area contributed by atoms with Gasteiger partial charge in [-0.3, -0.25) is 9.59 Å². The van der Waals surface area contributed by atoms with E-state index in [1.165, 1.54) is 218 Å². The molecule has 0 aromatic carbocycles. The average molecular weight is 971 g/mol. The van der Waals surface area contributed by atoms with Crippen molar-refractivity contribution in [2.24, 2.45) is 0 Å². The first kappa shape index (κ1) is 67.1. The van der Waals surface area contributed by atoms with E-state index in [0.29, 0.717) is 19.4 Å². The molecule has 0 radical (unpaired) electrons. The lowest BCUT2D eigenvalue weighted by molar-refractivity contribution is -0.143. The molecule has 6 nitrogen and oxygen atoms in total. The van der Waals surface area contributed by atoms with Gasteiger partial charge >= 0.3 is 5.97 Å². The molecule has 0 spiro atoms. The lowest BCUT2D eigenvalue weighted by atomic mass is 10.0. The van der Waals surface area contributed by atoms with E-state index in [9.17, 15) is 19.8 Å². The van der Waals surface area contributed by atoms with Crippen molar-refractivity contribution in [3.63, 3.8) is 0 Å². The number of hydrogen-bond acceptors (Lipinski definition) is 5. The van der Waals surface area contributed by atoms with Crippen molar-refractivity contribution in [2.45, 2.75) is 341 Å². The number of amides is 1. The van der Waals surface area contributed by atoms with Gasteiger partial charge in [0, 0.05) is 12.8 Å². The minimum atomic E-state index is -0.856. The van der Waals surface area contributed by atoms with Crippen LogP contribution < -0.4 is 5.32 Å². The summed E-state index contributed by atoms with van der Waals surface area (Å²) in [5.74, 6) is -0.0962. The van der Waals surface area contributed by atoms with Crippen LogP contribution in [0.4, 0.5) is 0 Å². The van der Waals surface area contributed by atoms with Crippen LogP contribution in [0.25, 0.3) is 0 Å². The minimum absolute atomic E-state index is 0.0146. The van der Waals surface area contributed by atoms with Crippen molar-refractivity contribution < 1.29 is 24.5 Å². The minimum Gasteiger partial charge on any atom is -0.466 e. The normalized spacial score (nSPS) is 12.8. The number of aliphatic hydroxyl groups is 2. The molecule has 6 heteroatoms. The number of unbranched alkanes of at least 4 members (excludes halogenated alkanes) is 42. The Kier molecular flexibility index (Phi) is 57.0. The van der Waals surface area contributed by atoms with Gasteiger partial charge in [0.1, 0.15) is 0 Å². The summed E-state index contributed by atoms with van der Waals surface area (Å²) in [5, 5.41) is 23.2. The number of carbonyl (C=O) groups excluding carboxylic acids is 2. The van der Waals surface area contributed by atoms with Crippen LogP contribution in [-0.2, 0) is 14.3 Å². The maximum Gasteiger partial charge on any atom is 0.305 e. The fourth-order valence-corrected chi connectivity index (χ4v) is 9.43. The van der Waals surface area contributed by atoms with Gasteiger partial charge < -0.3 is 20.3 Å². The maximum atomic E-state index is 12.5. The van der Waals surface area contributed by atoms with Gasteiger partial charge in [-0.2, -0.15) is 0 Å². The third-order valence-corrected chi connectivity index (χ3v) is 14.2.